The first-order chi connectivity index (χ1) is 8.81. The van der Waals surface area contributed by atoms with Crippen LogP contribution in [0.25, 0.3) is 0 Å². The van der Waals surface area contributed by atoms with Crippen molar-refractivity contribution in [1.82, 2.24) is 25.5 Å². The molecule has 2 rings (SSSR count). The van der Waals surface area contributed by atoms with E-state index in [2.05, 4.69) is 55.1 Å². The van der Waals surface area contributed by atoms with Gasteiger partial charge in [0.25, 0.3) is 0 Å². The maximum absolute atomic E-state index is 4.05. The number of tetrazole rings is 1. The molecule has 0 saturated heterocycles. The predicted octanol–water partition coefficient (Wildman–Crippen LogP) is 2.40. The Hall–Kier alpha value is -0.440. The predicted molar refractivity (Wildman–Crippen MR) is 77.9 cm³/mol. The maximum Gasteiger partial charge on any atom is 0.209 e. The van der Waals surface area contributed by atoms with E-state index in [0.29, 0.717) is 0 Å². The summed E-state index contributed by atoms with van der Waals surface area (Å²) >= 11 is 6.93. The number of likely N-dealkylation sites (N-methyl/N-ethyl adjacent to an activating group) is 1. The smallest absolute Gasteiger partial charge is 0.209 e. The number of nitrogens with zero attached hydrogens (tertiary/aromatic N) is 4. The largest absolute Gasteiger partial charge is 0.315 e. The molecule has 2 aromatic heterocycles. The molecule has 2 heterocycles. The van der Waals surface area contributed by atoms with Gasteiger partial charge in [-0.05, 0) is 44.3 Å². The molecule has 0 aromatic carbocycles. The summed E-state index contributed by atoms with van der Waals surface area (Å²) in [6.45, 7) is 4.74. The molecule has 0 amide bonds. The number of nitrogens with one attached hydrogen (secondary N) is 1. The summed E-state index contributed by atoms with van der Waals surface area (Å²) in [6, 6.07) is 2.06. The minimum atomic E-state index is 0.800. The van der Waals surface area contributed by atoms with Gasteiger partial charge in [-0.2, -0.15) is 0 Å². The second-order valence-corrected chi connectivity index (χ2v) is 6.32. The van der Waals surface area contributed by atoms with Crippen molar-refractivity contribution in [2.45, 2.75) is 24.4 Å². The second-order valence-electron chi connectivity index (χ2n) is 3.52. The van der Waals surface area contributed by atoms with Crippen molar-refractivity contribution in [2.75, 3.05) is 13.1 Å². The van der Waals surface area contributed by atoms with Crippen LogP contribution in [0.4, 0.5) is 0 Å². The number of aromatic nitrogens is 4. The molecule has 0 aliphatic rings. The zero-order valence-corrected chi connectivity index (χ0v) is 13.2. The van der Waals surface area contributed by atoms with Gasteiger partial charge >= 0.3 is 0 Å². The first kappa shape index (κ1) is 14.0. The quantitative estimate of drug-likeness (QED) is 0.615. The van der Waals surface area contributed by atoms with E-state index in [-0.39, 0.29) is 0 Å². The normalized spacial score (nSPS) is 11.0. The molecule has 0 aliphatic carbocycles. The van der Waals surface area contributed by atoms with Crippen LogP contribution in [-0.4, -0.2) is 33.3 Å². The van der Waals surface area contributed by atoms with Crippen LogP contribution in [0.2, 0.25) is 0 Å². The minimum absolute atomic E-state index is 0.800. The van der Waals surface area contributed by atoms with Crippen LogP contribution in [0, 0.1) is 0 Å². The van der Waals surface area contributed by atoms with Gasteiger partial charge in [-0.25, -0.2) is 4.68 Å². The van der Waals surface area contributed by atoms with Gasteiger partial charge in [0.05, 0.1) is 6.54 Å². The number of rotatable bonds is 7. The molecule has 0 spiro atoms. The summed E-state index contributed by atoms with van der Waals surface area (Å²) in [7, 11) is 0. The second kappa shape index (κ2) is 7.22. The van der Waals surface area contributed by atoms with Gasteiger partial charge in [0.1, 0.15) is 0 Å². The fourth-order valence-electron chi connectivity index (χ4n) is 1.36. The van der Waals surface area contributed by atoms with Crippen LogP contribution < -0.4 is 5.32 Å². The van der Waals surface area contributed by atoms with Crippen molar-refractivity contribution in [3.8, 4) is 0 Å². The Bertz CT molecular complexity index is 484. The molecular formula is C10H14BrN5S2. The van der Waals surface area contributed by atoms with E-state index >= 15 is 0 Å². The third-order valence-electron chi connectivity index (χ3n) is 2.27. The maximum atomic E-state index is 4.05. The Labute approximate surface area is 122 Å². The minimum Gasteiger partial charge on any atom is -0.315 e. The molecule has 18 heavy (non-hydrogen) atoms. The highest BCUT2D eigenvalue weighted by Gasteiger charge is 2.08. The van der Waals surface area contributed by atoms with E-state index in [1.165, 1.54) is 4.88 Å². The summed E-state index contributed by atoms with van der Waals surface area (Å²) < 4.78 is 3.00. The number of thioether (sulfide) groups is 1. The molecule has 0 aliphatic heterocycles. The molecule has 8 heteroatoms. The Morgan fingerprint density at radius 3 is 3.17 bits per heavy atom. The van der Waals surface area contributed by atoms with Crippen molar-refractivity contribution < 1.29 is 0 Å². The zero-order valence-electron chi connectivity index (χ0n) is 9.97. The van der Waals surface area contributed by atoms with E-state index in [0.717, 1.165) is 35.0 Å². The van der Waals surface area contributed by atoms with Gasteiger partial charge in [-0.15, -0.1) is 16.4 Å². The highest BCUT2D eigenvalue weighted by molar-refractivity contribution is 9.10. The lowest BCUT2D eigenvalue weighted by molar-refractivity contribution is 0.517. The van der Waals surface area contributed by atoms with Gasteiger partial charge in [-0.3, -0.25) is 0 Å². The van der Waals surface area contributed by atoms with Crippen LogP contribution in [0.1, 0.15) is 11.8 Å². The molecule has 1 N–H and O–H groups in total. The third kappa shape index (κ3) is 3.78. The Morgan fingerprint density at radius 1 is 1.56 bits per heavy atom. The standard InChI is InChI=1S/C10H14BrN5S2/c1-2-12-4-5-16-10(13-14-15-16)18-7-9-8(11)3-6-17-9/h3,6,12H,2,4-5,7H2,1H3. The van der Waals surface area contributed by atoms with Crippen molar-refractivity contribution in [3.63, 3.8) is 0 Å². The van der Waals surface area contributed by atoms with Crippen molar-refractivity contribution in [2.24, 2.45) is 0 Å². The molecule has 0 fully saturated rings. The SMILES string of the molecule is CCNCCn1nnnc1SCc1sccc1Br. The lowest BCUT2D eigenvalue weighted by atomic mass is 10.5. The number of halogens is 1. The lowest BCUT2D eigenvalue weighted by Gasteiger charge is -2.04. The van der Waals surface area contributed by atoms with Crippen LogP contribution in [0.3, 0.4) is 0 Å². The van der Waals surface area contributed by atoms with Crippen LogP contribution in [-0.2, 0) is 12.3 Å². The van der Waals surface area contributed by atoms with E-state index < -0.39 is 0 Å². The highest BCUT2D eigenvalue weighted by atomic mass is 79.9. The van der Waals surface area contributed by atoms with Crippen LogP contribution in [0.15, 0.2) is 21.1 Å². The monoisotopic (exact) mass is 347 g/mol. The first-order valence-electron chi connectivity index (χ1n) is 5.62. The Balaban J connectivity index is 1.89. The highest BCUT2D eigenvalue weighted by Crippen LogP contribution is 2.29. The van der Waals surface area contributed by atoms with Gasteiger partial charge in [0, 0.05) is 21.6 Å². The molecule has 2 aromatic rings. The average molecular weight is 348 g/mol. The van der Waals surface area contributed by atoms with E-state index in [9.17, 15) is 0 Å². The Kier molecular flexibility index (Phi) is 5.61. The Morgan fingerprint density at radius 2 is 2.44 bits per heavy atom. The molecule has 0 atom stereocenters. The summed E-state index contributed by atoms with van der Waals surface area (Å²) in [5.41, 5.74) is 0. The van der Waals surface area contributed by atoms with E-state index in [1.807, 2.05) is 4.68 Å². The molecule has 98 valence electrons. The van der Waals surface area contributed by atoms with E-state index in [1.54, 1.807) is 23.1 Å². The van der Waals surface area contributed by atoms with Gasteiger partial charge in [0.15, 0.2) is 0 Å². The fourth-order valence-corrected chi connectivity index (χ4v) is 4.06. The molecule has 5 nitrogen and oxygen atoms in total. The van der Waals surface area contributed by atoms with E-state index in [4.69, 9.17) is 0 Å². The zero-order chi connectivity index (χ0) is 12.8. The molecule has 0 unspecified atom stereocenters. The number of hydrogen-bond acceptors (Lipinski definition) is 6. The summed E-state index contributed by atoms with van der Waals surface area (Å²) in [4.78, 5) is 1.31. The van der Waals surface area contributed by atoms with Crippen molar-refractivity contribution >= 4 is 39.0 Å². The summed E-state index contributed by atoms with van der Waals surface area (Å²) in [5.74, 6) is 0.889. The first-order valence-corrected chi connectivity index (χ1v) is 8.28. The third-order valence-corrected chi connectivity index (χ3v) is 5.37. The van der Waals surface area contributed by atoms with Gasteiger partial charge < -0.3 is 5.32 Å². The summed E-state index contributed by atoms with van der Waals surface area (Å²) in [6.07, 6.45) is 0. The fraction of sp³-hybridized carbons (Fsp3) is 0.500. The number of hydrogen-bond donors (Lipinski definition) is 1. The van der Waals surface area contributed by atoms with Crippen molar-refractivity contribution in [1.29, 1.82) is 0 Å². The molecular weight excluding hydrogens is 334 g/mol. The van der Waals surface area contributed by atoms with Crippen LogP contribution in [0.5, 0.6) is 0 Å². The molecule has 0 bridgehead atoms. The number of thiophene rings is 1. The summed E-state index contributed by atoms with van der Waals surface area (Å²) in [5, 5.41) is 18.0. The molecule has 0 saturated carbocycles. The average Bonchev–Trinajstić information content (AvgIpc) is 2.96. The molecule has 0 radical (unpaired) electrons. The van der Waals surface area contributed by atoms with Crippen LogP contribution >= 0.6 is 39.0 Å². The van der Waals surface area contributed by atoms with Gasteiger partial charge in [0.2, 0.25) is 5.16 Å². The lowest BCUT2D eigenvalue weighted by Crippen LogP contribution is -2.20. The van der Waals surface area contributed by atoms with Crippen molar-refractivity contribution in [3.05, 3.63) is 20.8 Å². The topological polar surface area (TPSA) is 55.6 Å². The van der Waals surface area contributed by atoms with Gasteiger partial charge in [-0.1, -0.05) is 18.7 Å².